The second-order valence-electron chi connectivity index (χ2n) is 23.4. The lowest BCUT2D eigenvalue weighted by atomic mass is 10.0. The first-order valence-electron chi connectivity index (χ1n) is 35.1. The summed E-state index contributed by atoms with van der Waals surface area (Å²) in [6.07, 6.45) is 91.9. The summed E-state index contributed by atoms with van der Waals surface area (Å²) in [5.74, 6) is -0.877. The zero-order valence-electron chi connectivity index (χ0n) is 53.8. The van der Waals surface area contributed by atoms with Crippen LogP contribution in [-0.2, 0) is 28.6 Å². The van der Waals surface area contributed by atoms with Gasteiger partial charge in [0.2, 0.25) is 0 Å². The molecular weight excluding hydrogens is 997 g/mol. The van der Waals surface area contributed by atoms with Crippen LogP contribution in [-0.4, -0.2) is 37.2 Å². The first-order chi connectivity index (χ1) is 40.0. The molecule has 0 spiro atoms. The third-order valence-electron chi connectivity index (χ3n) is 15.4. The largest absolute Gasteiger partial charge is 0.462 e. The maximum absolute atomic E-state index is 12.9. The van der Waals surface area contributed by atoms with Crippen LogP contribution in [0.5, 0.6) is 0 Å². The van der Waals surface area contributed by atoms with E-state index >= 15 is 0 Å². The van der Waals surface area contributed by atoms with Crippen LogP contribution >= 0.6 is 0 Å². The Morgan fingerprint density at radius 1 is 0.259 bits per heavy atom. The van der Waals surface area contributed by atoms with Crippen LogP contribution in [0, 0.1) is 0 Å². The number of carbonyl (C=O) groups excluding carboxylic acids is 3. The van der Waals surface area contributed by atoms with E-state index in [4.69, 9.17) is 14.2 Å². The van der Waals surface area contributed by atoms with Gasteiger partial charge in [0.1, 0.15) is 13.2 Å². The average Bonchev–Trinajstić information content (AvgIpc) is 3.46. The third-order valence-corrected chi connectivity index (χ3v) is 15.4. The Bertz CT molecular complexity index is 1530. The molecule has 468 valence electrons. The summed E-state index contributed by atoms with van der Waals surface area (Å²) in [6.45, 7) is 6.52. The van der Waals surface area contributed by atoms with Crippen molar-refractivity contribution in [2.24, 2.45) is 0 Å². The zero-order chi connectivity index (χ0) is 58.5. The lowest BCUT2D eigenvalue weighted by Gasteiger charge is -2.18. The molecule has 0 aromatic carbocycles. The number of hydrogen-bond donors (Lipinski definition) is 0. The minimum Gasteiger partial charge on any atom is -0.462 e. The van der Waals surface area contributed by atoms with Gasteiger partial charge < -0.3 is 14.2 Å². The van der Waals surface area contributed by atoms with E-state index in [0.717, 1.165) is 103 Å². The Labute approximate surface area is 503 Å². The third kappa shape index (κ3) is 67.3. The molecule has 0 aliphatic carbocycles. The first-order valence-corrected chi connectivity index (χ1v) is 35.1. The van der Waals surface area contributed by atoms with Crippen molar-refractivity contribution in [3.8, 4) is 0 Å². The lowest BCUT2D eigenvalue weighted by molar-refractivity contribution is -0.167. The van der Waals surface area contributed by atoms with Crippen molar-refractivity contribution in [2.75, 3.05) is 13.2 Å². The predicted octanol–water partition coefficient (Wildman–Crippen LogP) is 24.2. The number of unbranched alkanes of at least 4 members (excludes halogenated alkanes) is 39. The Balaban J connectivity index is 4.15. The molecule has 6 nitrogen and oxygen atoms in total. The van der Waals surface area contributed by atoms with E-state index in [2.05, 4.69) is 106 Å². The quantitative estimate of drug-likeness (QED) is 0.0261. The van der Waals surface area contributed by atoms with E-state index in [-0.39, 0.29) is 31.1 Å². The molecule has 0 N–H and O–H groups in total. The molecule has 0 heterocycles. The van der Waals surface area contributed by atoms with Gasteiger partial charge in [0.15, 0.2) is 6.10 Å². The summed E-state index contributed by atoms with van der Waals surface area (Å²) >= 11 is 0. The fourth-order valence-electron chi connectivity index (χ4n) is 10.1. The number of hydrogen-bond acceptors (Lipinski definition) is 6. The summed E-state index contributed by atoms with van der Waals surface area (Å²) in [5.41, 5.74) is 0. The molecule has 81 heavy (non-hydrogen) atoms. The van der Waals surface area contributed by atoms with Gasteiger partial charge in [-0.2, -0.15) is 0 Å². The zero-order valence-corrected chi connectivity index (χ0v) is 53.8. The van der Waals surface area contributed by atoms with Gasteiger partial charge in [-0.3, -0.25) is 14.4 Å². The van der Waals surface area contributed by atoms with Crippen LogP contribution < -0.4 is 0 Å². The van der Waals surface area contributed by atoms with E-state index < -0.39 is 6.10 Å². The fraction of sp³-hybridized carbons (Fsp3) is 0.773. The molecule has 0 aromatic heterocycles. The van der Waals surface area contributed by atoms with Gasteiger partial charge >= 0.3 is 17.9 Å². The Morgan fingerprint density at radius 2 is 0.481 bits per heavy atom. The van der Waals surface area contributed by atoms with Gasteiger partial charge in [0, 0.05) is 19.3 Å². The Hall–Kier alpha value is -3.41. The standard InChI is InChI=1S/C75H132O6/c1-4-7-10-13-16-19-22-25-27-29-30-31-32-33-34-35-36-37-38-39-40-41-42-43-44-46-47-50-53-56-59-62-65-68-74(77)80-71-72(70-79-73(76)67-64-61-58-55-52-49-24-21-18-15-12-9-6-3)81-75(78)69-66-63-60-57-54-51-48-45-28-26-23-20-17-14-11-8-5-2/h7,10,16-17,19-21,24-28,30-31,72H,4-6,8-9,11-15,18,22-23,29,32-71H2,1-3H3/b10-7-,19-16-,20-17-,24-21-,27-25-,28-26-,31-30-. The number of rotatable bonds is 64. The average molecular weight is 1130 g/mol. The SMILES string of the molecule is CC/C=C\C/C=C\C/C=C\C/C=C\CCCCCCCCCCCCCCCCCCCCCCC(=O)OCC(COC(=O)CCCCCCC/C=C\CCCCCC)OC(=O)CCCCCCCCC/C=C\C/C=C\CCCCC. The van der Waals surface area contributed by atoms with Crippen molar-refractivity contribution >= 4 is 17.9 Å². The van der Waals surface area contributed by atoms with Crippen LogP contribution in [0.1, 0.15) is 355 Å². The maximum atomic E-state index is 12.9. The first kappa shape index (κ1) is 77.6. The molecule has 0 saturated carbocycles. The number of carbonyl (C=O) groups is 3. The molecule has 0 aliphatic rings. The van der Waals surface area contributed by atoms with Crippen molar-refractivity contribution in [1.29, 1.82) is 0 Å². The highest BCUT2D eigenvalue weighted by Gasteiger charge is 2.19. The second kappa shape index (κ2) is 69.1. The molecule has 0 radical (unpaired) electrons. The normalized spacial score (nSPS) is 12.6. The minimum absolute atomic E-state index is 0.0781. The lowest BCUT2D eigenvalue weighted by Crippen LogP contribution is -2.30. The Morgan fingerprint density at radius 3 is 0.790 bits per heavy atom. The molecule has 0 aromatic rings. The number of allylic oxidation sites excluding steroid dienone is 14. The summed E-state index contributed by atoms with van der Waals surface area (Å²) in [7, 11) is 0. The van der Waals surface area contributed by atoms with E-state index in [0.29, 0.717) is 19.3 Å². The topological polar surface area (TPSA) is 78.9 Å². The molecule has 6 heteroatoms. The van der Waals surface area contributed by atoms with Crippen LogP contribution in [0.4, 0.5) is 0 Å². The molecule has 0 rings (SSSR count). The van der Waals surface area contributed by atoms with E-state index in [1.165, 1.54) is 212 Å². The highest BCUT2D eigenvalue weighted by atomic mass is 16.6. The summed E-state index contributed by atoms with van der Waals surface area (Å²) < 4.78 is 16.9. The molecule has 0 fully saturated rings. The molecule has 1 atom stereocenters. The molecule has 1 unspecified atom stereocenters. The van der Waals surface area contributed by atoms with Gasteiger partial charge in [-0.15, -0.1) is 0 Å². The monoisotopic (exact) mass is 1130 g/mol. The van der Waals surface area contributed by atoms with Crippen molar-refractivity contribution in [3.05, 3.63) is 85.1 Å². The van der Waals surface area contributed by atoms with Crippen LogP contribution in [0.25, 0.3) is 0 Å². The van der Waals surface area contributed by atoms with Crippen LogP contribution in [0.3, 0.4) is 0 Å². The molecule has 0 amide bonds. The predicted molar refractivity (Wildman–Crippen MR) is 353 cm³/mol. The van der Waals surface area contributed by atoms with Gasteiger partial charge in [-0.05, 0) is 116 Å². The molecule has 0 bridgehead atoms. The highest BCUT2D eigenvalue weighted by molar-refractivity contribution is 5.71. The van der Waals surface area contributed by atoms with Crippen molar-refractivity contribution < 1.29 is 28.6 Å². The van der Waals surface area contributed by atoms with E-state index in [1.807, 2.05) is 0 Å². The number of esters is 3. The van der Waals surface area contributed by atoms with Crippen molar-refractivity contribution in [1.82, 2.24) is 0 Å². The molecular formula is C75H132O6. The van der Waals surface area contributed by atoms with Crippen LogP contribution in [0.15, 0.2) is 85.1 Å². The Kier molecular flexibility index (Phi) is 66.2. The highest BCUT2D eigenvalue weighted by Crippen LogP contribution is 2.17. The van der Waals surface area contributed by atoms with Crippen LogP contribution in [0.2, 0.25) is 0 Å². The van der Waals surface area contributed by atoms with Gasteiger partial charge in [-0.25, -0.2) is 0 Å². The van der Waals surface area contributed by atoms with Gasteiger partial charge in [-0.1, -0.05) is 305 Å². The fourth-order valence-corrected chi connectivity index (χ4v) is 10.1. The van der Waals surface area contributed by atoms with Gasteiger partial charge in [0.25, 0.3) is 0 Å². The minimum atomic E-state index is -0.783. The maximum Gasteiger partial charge on any atom is 0.306 e. The summed E-state index contributed by atoms with van der Waals surface area (Å²) in [4.78, 5) is 38.4. The number of ether oxygens (including phenoxy) is 3. The summed E-state index contributed by atoms with van der Waals surface area (Å²) in [5, 5.41) is 0. The smallest absolute Gasteiger partial charge is 0.306 e. The van der Waals surface area contributed by atoms with Crippen molar-refractivity contribution in [2.45, 2.75) is 361 Å². The van der Waals surface area contributed by atoms with E-state index in [9.17, 15) is 14.4 Å². The van der Waals surface area contributed by atoms with Crippen molar-refractivity contribution in [3.63, 3.8) is 0 Å². The molecule has 0 saturated heterocycles. The second-order valence-corrected chi connectivity index (χ2v) is 23.4. The van der Waals surface area contributed by atoms with E-state index in [1.54, 1.807) is 0 Å². The molecule has 0 aliphatic heterocycles. The van der Waals surface area contributed by atoms with Gasteiger partial charge in [0.05, 0.1) is 0 Å². The summed E-state index contributed by atoms with van der Waals surface area (Å²) in [6, 6.07) is 0.